The second-order valence-corrected chi connectivity index (χ2v) is 10.9. The molecule has 1 aliphatic heterocycles. The van der Waals surface area contributed by atoms with Crippen LogP contribution >= 0.6 is 11.3 Å². The van der Waals surface area contributed by atoms with Gasteiger partial charge in [0.25, 0.3) is 11.8 Å². The Balaban J connectivity index is 1.51. The van der Waals surface area contributed by atoms with Crippen molar-refractivity contribution in [3.63, 3.8) is 0 Å². The van der Waals surface area contributed by atoms with Gasteiger partial charge in [-0.05, 0) is 42.2 Å². The molecule has 2 fully saturated rings. The Bertz CT molecular complexity index is 1130. The summed E-state index contributed by atoms with van der Waals surface area (Å²) in [5.74, 6) is -1.33. The highest BCUT2D eigenvalue weighted by Gasteiger charge is 2.56. The van der Waals surface area contributed by atoms with Gasteiger partial charge in [0.15, 0.2) is 0 Å². The third kappa shape index (κ3) is 4.50. The first-order valence-corrected chi connectivity index (χ1v) is 11.7. The highest BCUT2D eigenvalue weighted by atomic mass is 32.1. The Hall–Kier alpha value is -3.20. The molecule has 8 nitrogen and oxygen atoms in total. The number of amides is 5. The molecule has 9 heteroatoms. The number of hydrogen-bond donors (Lipinski definition) is 3. The minimum atomic E-state index is -0.972. The molecule has 1 aromatic heterocycles. The fourth-order valence-electron chi connectivity index (χ4n) is 5.37. The summed E-state index contributed by atoms with van der Waals surface area (Å²) < 4.78 is 0. The zero-order valence-electron chi connectivity index (χ0n) is 18.9. The molecule has 2 aliphatic rings. The van der Waals surface area contributed by atoms with Crippen molar-refractivity contribution >= 4 is 40.1 Å². The molecule has 0 unspecified atom stereocenters. The normalized spacial score (nSPS) is 24.1. The first-order valence-electron chi connectivity index (χ1n) is 10.9. The van der Waals surface area contributed by atoms with Gasteiger partial charge >= 0.3 is 6.03 Å². The van der Waals surface area contributed by atoms with E-state index >= 15 is 0 Å². The molecule has 1 spiro atoms. The maximum atomic E-state index is 13.3. The van der Waals surface area contributed by atoms with E-state index in [1.54, 1.807) is 6.07 Å². The van der Waals surface area contributed by atoms with Crippen molar-refractivity contribution in [3.8, 4) is 10.4 Å². The number of carbonyl (C=O) groups excluding carboxylic acids is 4. The van der Waals surface area contributed by atoms with E-state index in [9.17, 15) is 19.2 Å². The van der Waals surface area contributed by atoms with E-state index in [2.05, 4.69) is 31.4 Å². The third-order valence-electron chi connectivity index (χ3n) is 6.23. The molecule has 33 heavy (non-hydrogen) atoms. The Morgan fingerprint density at radius 3 is 2.55 bits per heavy atom. The van der Waals surface area contributed by atoms with E-state index < -0.39 is 29.9 Å². The molecule has 2 atom stereocenters. The number of thiophene rings is 1. The van der Waals surface area contributed by atoms with Crippen LogP contribution in [0.1, 0.15) is 50.4 Å². The van der Waals surface area contributed by atoms with Gasteiger partial charge in [-0.25, -0.2) is 4.79 Å². The summed E-state index contributed by atoms with van der Waals surface area (Å²) in [6.07, 6.45) is 2.05. The molecule has 1 aliphatic carbocycles. The van der Waals surface area contributed by atoms with Crippen LogP contribution in [0.25, 0.3) is 10.4 Å². The number of imide groups is 1. The van der Waals surface area contributed by atoms with Crippen LogP contribution in [0.15, 0.2) is 36.4 Å². The van der Waals surface area contributed by atoms with Crippen molar-refractivity contribution in [2.24, 2.45) is 17.1 Å². The van der Waals surface area contributed by atoms with Gasteiger partial charge in [0.05, 0.1) is 5.56 Å². The Morgan fingerprint density at radius 2 is 1.91 bits per heavy atom. The molecular formula is C24H28N4O4S. The van der Waals surface area contributed by atoms with Gasteiger partial charge < -0.3 is 16.4 Å². The van der Waals surface area contributed by atoms with E-state index in [0.29, 0.717) is 17.8 Å². The average molecular weight is 469 g/mol. The second-order valence-electron chi connectivity index (χ2n) is 9.89. The molecule has 1 saturated carbocycles. The summed E-state index contributed by atoms with van der Waals surface area (Å²) in [4.78, 5) is 52.4. The van der Waals surface area contributed by atoms with Crippen molar-refractivity contribution in [3.05, 3.63) is 42.0 Å². The zero-order chi connectivity index (χ0) is 24.0. The van der Waals surface area contributed by atoms with Crippen LogP contribution in [0.3, 0.4) is 0 Å². The highest BCUT2D eigenvalue weighted by molar-refractivity contribution is 7.20. The van der Waals surface area contributed by atoms with Crippen LogP contribution in [-0.4, -0.2) is 40.7 Å². The van der Waals surface area contributed by atoms with Crippen LogP contribution in [0.5, 0.6) is 0 Å². The van der Waals surface area contributed by atoms with Crippen molar-refractivity contribution in [2.45, 2.75) is 45.6 Å². The lowest BCUT2D eigenvalue weighted by molar-refractivity contribution is -0.136. The fraction of sp³-hybridized carbons (Fsp3) is 0.417. The summed E-state index contributed by atoms with van der Waals surface area (Å²) in [6, 6.07) is 10.5. The molecule has 1 aromatic carbocycles. The van der Waals surface area contributed by atoms with E-state index in [1.165, 1.54) is 11.3 Å². The van der Waals surface area contributed by atoms with Gasteiger partial charge in [0, 0.05) is 4.88 Å². The number of hydrogen-bond acceptors (Lipinski definition) is 5. The van der Waals surface area contributed by atoms with Gasteiger partial charge in [-0.1, -0.05) is 51.1 Å². The van der Waals surface area contributed by atoms with Crippen LogP contribution < -0.4 is 16.4 Å². The Labute approximate surface area is 196 Å². The number of rotatable bonds is 5. The number of urea groups is 1. The minimum Gasteiger partial charge on any atom is -0.366 e. The standard InChI is InChI=1S/C24H28N4O4S/c1-14-10-23(2,3)13-24(11-14)21(31)28(22(32)27-24)12-18(29)26-20-16(19(25)30)9-17(33-20)15-7-5-4-6-8-15/h4-9,14H,10-13H2,1-3H3,(H2,25,30)(H,26,29)(H,27,32)/t14-,24-/m0/s1. The van der Waals surface area contributed by atoms with Crippen LogP contribution in [0.4, 0.5) is 9.80 Å². The van der Waals surface area contributed by atoms with E-state index in [0.717, 1.165) is 21.8 Å². The SMILES string of the molecule is C[C@H]1CC(C)(C)C[C@]2(C1)NC(=O)N(CC(=O)Nc1sc(-c3ccccc3)cc1C(N)=O)C2=O. The number of primary amides is 1. The molecule has 174 valence electrons. The second kappa shape index (κ2) is 8.30. The lowest BCUT2D eigenvalue weighted by Crippen LogP contribution is -2.54. The molecule has 2 heterocycles. The van der Waals surface area contributed by atoms with Gasteiger partial charge in [0.1, 0.15) is 17.1 Å². The molecular weight excluding hydrogens is 440 g/mol. The molecule has 5 amide bonds. The predicted octanol–water partition coefficient (Wildman–Crippen LogP) is 3.59. The first kappa shape index (κ1) is 23.0. The van der Waals surface area contributed by atoms with Gasteiger partial charge in [-0.15, -0.1) is 11.3 Å². The number of carbonyl (C=O) groups is 4. The molecule has 0 bridgehead atoms. The highest BCUT2D eigenvalue weighted by Crippen LogP contribution is 2.46. The number of benzene rings is 1. The molecule has 4 N–H and O–H groups in total. The topological polar surface area (TPSA) is 122 Å². The lowest BCUT2D eigenvalue weighted by atomic mass is 9.64. The van der Waals surface area contributed by atoms with Crippen molar-refractivity contribution in [1.82, 2.24) is 10.2 Å². The quantitative estimate of drug-likeness (QED) is 0.581. The number of nitrogens with one attached hydrogen (secondary N) is 2. The average Bonchev–Trinajstić information content (AvgIpc) is 3.22. The van der Waals surface area contributed by atoms with E-state index in [1.807, 2.05) is 30.3 Å². The van der Waals surface area contributed by atoms with Gasteiger partial charge in [-0.2, -0.15) is 0 Å². The summed E-state index contributed by atoms with van der Waals surface area (Å²) in [5.41, 5.74) is 5.51. The zero-order valence-corrected chi connectivity index (χ0v) is 19.8. The van der Waals surface area contributed by atoms with Crippen LogP contribution in [-0.2, 0) is 9.59 Å². The van der Waals surface area contributed by atoms with Crippen molar-refractivity contribution in [2.75, 3.05) is 11.9 Å². The van der Waals surface area contributed by atoms with Crippen molar-refractivity contribution in [1.29, 1.82) is 0 Å². The Kier molecular flexibility index (Phi) is 5.78. The molecule has 2 aromatic rings. The maximum absolute atomic E-state index is 13.3. The van der Waals surface area contributed by atoms with Crippen LogP contribution in [0, 0.1) is 11.3 Å². The van der Waals surface area contributed by atoms with Gasteiger partial charge in [0.2, 0.25) is 5.91 Å². The summed E-state index contributed by atoms with van der Waals surface area (Å²) in [5, 5.41) is 5.83. The van der Waals surface area contributed by atoms with E-state index in [-0.39, 0.29) is 22.8 Å². The molecule has 4 rings (SSSR count). The number of nitrogens with two attached hydrogens (primary N) is 1. The lowest BCUT2D eigenvalue weighted by Gasteiger charge is -2.43. The largest absolute Gasteiger partial charge is 0.366 e. The first-order chi connectivity index (χ1) is 15.5. The number of nitrogens with zero attached hydrogens (tertiary/aromatic N) is 1. The summed E-state index contributed by atoms with van der Waals surface area (Å²) in [6.45, 7) is 5.82. The Morgan fingerprint density at radius 1 is 1.21 bits per heavy atom. The van der Waals surface area contributed by atoms with E-state index in [4.69, 9.17) is 5.73 Å². The predicted molar refractivity (Wildman–Crippen MR) is 127 cm³/mol. The van der Waals surface area contributed by atoms with Gasteiger partial charge in [-0.3, -0.25) is 19.3 Å². The third-order valence-corrected chi connectivity index (χ3v) is 7.33. The van der Waals surface area contributed by atoms with Crippen LogP contribution in [0.2, 0.25) is 0 Å². The minimum absolute atomic E-state index is 0.0972. The maximum Gasteiger partial charge on any atom is 0.325 e. The molecule has 1 saturated heterocycles. The number of anilines is 1. The summed E-state index contributed by atoms with van der Waals surface area (Å²) in [7, 11) is 0. The smallest absolute Gasteiger partial charge is 0.325 e. The molecule has 0 radical (unpaired) electrons. The summed E-state index contributed by atoms with van der Waals surface area (Å²) >= 11 is 1.21. The monoisotopic (exact) mass is 468 g/mol. The fourth-order valence-corrected chi connectivity index (χ4v) is 6.46. The van der Waals surface area contributed by atoms with Crippen molar-refractivity contribution < 1.29 is 19.2 Å².